The summed E-state index contributed by atoms with van der Waals surface area (Å²) in [5.41, 5.74) is 6.71. The van der Waals surface area contributed by atoms with E-state index >= 15 is 0 Å². The van der Waals surface area contributed by atoms with Gasteiger partial charge in [-0.15, -0.1) is 0 Å². The van der Waals surface area contributed by atoms with E-state index in [-0.39, 0.29) is 11.4 Å². The molecule has 0 spiro atoms. The zero-order valence-electron chi connectivity index (χ0n) is 14.8. The molecule has 2 N–H and O–H groups in total. The van der Waals surface area contributed by atoms with E-state index in [0.717, 1.165) is 18.3 Å². The lowest BCUT2D eigenvalue weighted by atomic mass is 10.3. The second-order valence-electron chi connectivity index (χ2n) is 5.22. The van der Waals surface area contributed by atoms with E-state index in [1.807, 2.05) is 0 Å². The molecule has 0 aliphatic carbocycles. The van der Waals surface area contributed by atoms with Crippen LogP contribution in [0.2, 0.25) is 0 Å². The van der Waals surface area contributed by atoms with Gasteiger partial charge in [0.05, 0.1) is 12.8 Å². The minimum absolute atomic E-state index is 0.0611. The first-order chi connectivity index (χ1) is 14.3. The Morgan fingerprint density at radius 3 is 2.60 bits per heavy atom. The van der Waals surface area contributed by atoms with Crippen LogP contribution in [0.1, 0.15) is 5.69 Å². The Kier molecular flexibility index (Phi) is 8.34. The summed E-state index contributed by atoms with van der Waals surface area (Å²) in [6.07, 6.45) is 1.83. The quantitative estimate of drug-likeness (QED) is 0.398. The fourth-order valence-corrected chi connectivity index (χ4v) is 1.89. The average molecular weight is 437 g/mol. The van der Waals surface area contributed by atoms with Gasteiger partial charge in [-0.2, -0.15) is 27.7 Å². The van der Waals surface area contributed by atoms with Crippen LogP contribution in [0.5, 0.6) is 11.8 Å². The Labute approximate surface area is 165 Å². The third-order valence-electron chi connectivity index (χ3n) is 3.19. The lowest BCUT2D eigenvalue weighted by molar-refractivity contribution is -0.138. The Hall–Kier alpha value is -3.42. The number of nitrogens with zero attached hydrogens (tertiary/aromatic N) is 3. The highest BCUT2D eigenvalue weighted by molar-refractivity contribution is 5.51. The maximum absolute atomic E-state index is 13.5. The predicted molar refractivity (Wildman–Crippen MR) is 88.2 cm³/mol. The monoisotopic (exact) mass is 437 g/mol. The third kappa shape index (κ3) is 7.20. The summed E-state index contributed by atoms with van der Waals surface area (Å²) in [5, 5.41) is 5.73. The number of hydrogen-bond donors (Lipinski definition) is 2. The first-order valence-electron chi connectivity index (χ1n) is 7.90. The molecule has 2 rings (SSSR count). The van der Waals surface area contributed by atoms with E-state index in [2.05, 4.69) is 29.9 Å². The van der Waals surface area contributed by atoms with Gasteiger partial charge in [0.1, 0.15) is 18.0 Å². The number of anilines is 1. The van der Waals surface area contributed by atoms with Crippen molar-refractivity contribution in [2.45, 2.75) is 19.8 Å². The molecule has 0 radical (unpaired) electrons. The van der Waals surface area contributed by atoms with Gasteiger partial charge in [-0.3, -0.25) is 0 Å². The zero-order valence-corrected chi connectivity index (χ0v) is 14.8. The van der Waals surface area contributed by atoms with E-state index in [1.54, 1.807) is 0 Å². The molecule has 0 amide bonds. The van der Waals surface area contributed by atoms with Crippen LogP contribution < -0.4 is 14.8 Å². The molecule has 0 aliphatic rings. The van der Waals surface area contributed by atoms with Gasteiger partial charge in [-0.25, -0.2) is 19.3 Å². The summed E-state index contributed by atoms with van der Waals surface area (Å²) >= 11 is 0. The molecule has 1 aromatic carbocycles. The van der Waals surface area contributed by atoms with Crippen LogP contribution in [-0.2, 0) is 11.3 Å². The minimum atomic E-state index is -3.22. The van der Waals surface area contributed by atoms with Gasteiger partial charge in [0.2, 0.25) is 0 Å². The molecule has 30 heavy (non-hydrogen) atoms. The number of ether oxygens (including phenoxy) is 3. The molecule has 0 fully saturated rings. The molecule has 0 atom stereocenters. The molecule has 0 saturated heterocycles. The fraction of sp³-hybridized carbons (Fsp3) is 0.250. The van der Waals surface area contributed by atoms with E-state index < -0.39 is 55.5 Å². The molecule has 2 aromatic rings. The van der Waals surface area contributed by atoms with Crippen molar-refractivity contribution in [2.24, 2.45) is 5.11 Å². The summed E-state index contributed by atoms with van der Waals surface area (Å²) in [6, 6.07) is 2.66. The molecule has 0 aliphatic heterocycles. The molecular formula is C16H13F6N5O3. The molecule has 1 aromatic heterocycles. The first kappa shape index (κ1) is 22.9. The highest BCUT2D eigenvalue weighted by Gasteiger charge is 2.12. The SMILES string of the molecule is N=N/C(=C\Nc1ccc(F)c(OC(F)F)c1)COc1ncc(F)c(COC(F)F)n1. The van der Waals surface area contributed by atoms with E-state index in [1.165, 1.54) is 6.07 Å². The summed E-state index contributed by atoms with van der Waals surface area (Å²) < 4.78 is 88.6. The number of rotatable bonds is 11. The average Bonchev–Trinajstić information content (AvgIpc) is 2.70. The van der Waals surface area contributed by atoms with Crippen molar-refractivity contribution in [3.63, 3.8) is 0 Å². The Morgan fingerprint density at radius 2 is 1.93 bits per heavy atom. The smallest absolute Gasteiger partial charge is 0.387 e. The van der Waals surface area contributed by atoms with Crippen molar-refractivity contribution >= 4 is 5.69 Å². The summed E-state index contributed by atoms with van der Waals surface area (Å²) in [4.78, 5) is 7.08. The molecule has 1 heterocycles. The maximum atomic E-state index is 13.5. The molecule has 0 bridgehead atoms. The second kappa shape index (κ2) is 10.9. The van der Waals surface area contributed by atoms with E-state index in [9.17, 15) is 26.3 Å². The second-order valence-corrected chi connectivity index (χ2v) is 5.22. The Balaban J connectivity index is 2.01. The molecule has 162 valence electrons. The third-order valence-corrected chi connectivity index (χ3v) is 3.19. The summed E-state index contributed by atoms with van der Waals surface area (Å²) in [7, 11) is 0. The van der Waals surface area contributed by atoms with Gasteiger partial charge < -0.3 is 19.5 Å². The van der Waals surface area contributed by atoms with Crippen LogP contribution in [0.15, 0.2) is 41.4 Å². The number of hydrogen-bond acceptors (Lipinski definition) is 8. The van der Waals surface area contributed by atoms with Crippen LogP contribution in [0, 0.1) is 17.2 Å². The standard InChI is InChI=1S/C16H13F6N5O3/c17-10-2-1-8(3-13(10)30-15(21)22)24-4-9(27-23)6-29-16-25-5-11(18)12(26-16)7-28-14(19)20/h1-5,14-15,23-24H,6-7H2/b9-4-,27-23?. The van der Waals surface area contributed by atoms with Crippen LogP contribution in [-0.4, -0.2) is 29.8 Å². The topological polar surface area (TPSA) is 102 Å². The number of halogens is 6. The molecular weight excluding hydrogens is 424 g/mol. The van der Waals surface area contributed by atoms with Crippen LogP contribution in [0.25, 0.3) is 0 Å². The Morgan fingerprint density at radius 1 is 1.17 bits per heavy atom. The van der Waals surface area contributed by atoms with Gasteiger partial charge in [0.25, 0.3) is 0 Å². The maximum Gasteiger partial charge on any atom is 0.387 e. The van der Waals surface area contributed by atoms with Crippen LogP contribution >= 0.6 is 0 Å². The van der Waals surface area contributed by atoms with Crippen molar-refractivity contribution in [3.05, 3.63) is 53.6 Å². The molecule has 0 unspecified atom stereocenters. The van der Waals surface area contributed by atoms with Crippen molar-refractivity contribution in [1.82, 2.24) is 9.97 Å². The van der Waals surface area contributed by atoms with Crippen molar-refractivity contribution in [1.29, 1.82) is 5.53 Å². The fourth-order valence-electron chi connectivity index (χ4n) is 1.89. The van der Waals surface area contributed by atoms with Crippen LogP contribution in [0.3, 0.4) is 0 Å². The van der Waals surface area contributed by atoms with Crippen molar-refractivity contribution < 1.29 is 40.6 Å². The van der Waals surface area contributed by atoms with Crippen molar-refractivity contribution in [3.8, 4) is 11.8 Å². The van der Waals surface area contributed by atoms with Gasteiger partial charge >= 0.3 is 19.2 Å². The predicted octanol–water partition coefficient (Wildman–Crippen LogP) is 4.46. The largest absolute Gasteiger partial charge is 0.457 e. The van der Waals surface area contributed by atoms with E-state index in [0.29, 0.717) is 6.20 Å². The van der Waals surface area contributed by atoms with E-state index in [4.69, 9.17) is 10.3 Å². The van der Waals surface area contributed by atoms with Crippen molar-refractivity contribution in [2.75, 3.05) is 11.9 Å². The minimum Gasteiger partial charge on any atom is -0.457 e. The van der Waals surface area contributed by atoms with Gasteiger partial charge in [0, 0.05) is 18.0 Å². The van der Waals surface area contributed by atoms with Gasteiger partial charge in [-0.1, -0.05) is 0 Å². The normalized spacial score (nSPS) is 11.7. The lowest BCUT2D eigenvalue weighted by Crippen LogP contribution is -2.09. The number of aromatic nitrogens is 2. The number of nitrogens with one attached hydrogen (secondary N) is 2. The highest BCUT2D eigenvalue weighted by atomic mass is 19.3. The van der Waals surface area contributed by atoms with Gasteiger partial charge in [-0.05, 0) is 12.1 Å². The van der Waals surface area contributed by atoms with Gasteiger partial charge in [0.15, 0.2) is 17.4 Å². The lowest BCUT2D eigenvalue weighted by Gasteiger charge is -2.09. The van der Waals surface area contributed by atoms with Crippen LogP contribution in [0.4, 0.5) is 32.0 Å². The first-order valence-corrected chi connectivity index (χ1v) is 7.90. The highest BCUT2D eigenvalue weighted by Crippen LogP contribution is 2.24. The Bertz CT molecular complexity index is 900. The molecule has 14 heteroatoms. The number of alkyl halides is 4. The molecule has 8 nitrogen and oxygen atoms in total. The zero-order chi connectivity index (χ0) is 22.1. The summed E-state index contributed by atoms with van der Waals surface area (Å²) in [5.74, 6) is -2.68. The molecule has 0 saturated carbocycles. The number of benzene rings is 1. The summed E-state index contributed by atoms with van der Waals surface area (Å²) in [6.45, 7) is -7.56.